The van der Waals surface area contributed by atoms with Gasteiger partial charge in [-0.1, -0.05) is 12.1 Å². The smallest absolute Gasteiger partial charge is 0.353 e. The molecule has 1 aromatic carbocycles. The zero-order chi connectivity index (χ0) is 19.2. The Kier molecular flexibility index (Phi) is 5.17. The molecular formula is C17H14N6O4. The fourth-order valence-electron chi connectivity index (χ4n) is 2.32. The Hall–Kier alpha value is -4.08. The molecule has 0 aliphatic rings. The third-order valence-corrected chi connectivity index (χ3v) is 3.51. The fourth-order valence-corrected chi connectivity index (χ4v) is 2.32. The number of rotatable bonds is 6. The molecule has 27 heavy (non-hydrogen) atoms. The number of carbonyl (C=O) groups is 1. The lowest BCUT2D eigenvalue weighted by atomic mass is 10.2. The molecule has 2 aromatic heterocycles. The first-order valence-electron chi connectivity index (χ1n) is 7.71. The summed E-state index contributed by atoms with van der Waals surface area (Å²) in [5.74, 6) is -0.665. The van der Waals surface area contributed by atoms with Crippen LogP contribution in [0.3, 0.4) is 0 Å². The van der Waals surface area contributed by atoms with Gasteiger partial charge in [-0.3, -0.25) is 15.1 Å². The van der Waals surface area contributed by atoms with Crippen LogP contribution in [0.4, 0.5) is 28.7 Å². The van der Waals surface area contributed by atoms with Crippen LogP contribution in [0.15, 0.2) is 55.1 Å². The van der Waals surface area contributed by atoms with E-state index in [1.54, 1.807) is 36.5 Å². The molecule has 0 unspecified atom stereocenters. The molecule has 0 aliphatic carbocycles. The Bertz CT molecular complexity index is 980. The maximum absolute atomic E-state index is 11.9. The largest absolute Gasteiger partial charge is 0.465 e. The number of hydrogen-bond donors (Lipinski definition) is 2. The van der Waals surface area contributed by atoms with E-state index < -0.39 is 10.9 Å². The lowest BCUT2D eigenvalue weighted by Crippen LogP contribution is -2.09. The number of nitrogens with zero attached hydrogens (tertiary/aromatic N) is 4. The number of methoxy groups -OCH3 is 1. The second-order valence-corrected chi connectivity index (χ2v) is 5.21. The van der Waals surface area contributed by atoms with Gasteiger partial charge in [-0.05, 0) is 24.3 Å². The van der Waals surface area contributed by atoms with E-state index >= 15 is 0 Å². The van der Waals surface area contributed by atoms with Crippen molar-refractivity contribution in [3.63, 3.8) is 0 Å². The van der Waals surface area contributed by atoms with Gasteiger partial charge in [0.25, 0.3) is 0 Å². The summed E-state index contributed by atoms with van der Waals surface area (Å²) in [7, 11) is 1.25. The number of aromatic nitrogens is 3. The van der Waals surface area contributed by atoms with Crippen LogP contribution >= 0.6 is 0 Å². The zero-order valence-corrected chi connectivity index (χ0v) is 14.1. The Morgan fingerprint density at radius 3 is 2.52 bits per heavy atom. The molecule has 2 N–H and O–H groups in total. The number of carbonyl (C=O) groups excluding carboxylic acids is 1. The summed E-state index contributed by atoms with van der Waals surface area (Å²) in [6.45, 7) is 0. The molecule has 10 nitrogen and oxygen atoms in total. The molecule has 10 heteroatoms. The first kappa shape index (κ1) is 17.7. The number of benzene rings is 1. The maximum atomic E-state index is 11.9. The van der Waals surface area contributed by atoms with Gasteiger partial charge >= 0.3 is 11.7 Å². The highest BCUT2D eigenvalue weighted by Gasteiger charge is 2.24. The second-order valence-electron chi connectivity index (χ2n) is 5.21. The van der Waals surface area contributed by atoms with Crippen molar-refractivity contribution in [3.8, 4) is 0 Å². The highest BCUT2D eigenvalue weighted by molar-refractivity contribution is 5.96. The first-order valence-corrected chi connectivity index (χ1v) is 7.71. The monoisotopic (exact) mass is 366 g/mol. The summed E-state index contributed by atoms with van der Waals surface area (Å²) < 4.78 is 4.73. The summed E-state index contributed by atoms with van der Waals surface area (Å²) in [6.07, 6.45) is 4.26. The van der Waals surface area contributed by atoms with Gasteiger partial charge in [-0.15, -0.1) is 0 Å². The van der Waals surface area contributed by atoms with Crippen LogP contribution < -0.4 is 10.6 Å². The van der Waals surface area contributed by atoms with Gasteiger partial charge in [0.2, 0.25) is 11.6 Å². The van der Waals surface area contributed by atoms with E-state index in [0.29, 0.717) is 11.4 Å². The third kappa shape index (κ3) is 3.95. The summed E-state index contributed by atoms with van der Waals surface area (Å²) in [5.41, 5.74) is 0.689. The molecular weight excluding hydrogens is 352 g/mol. The van der Waals surface area contributed by atoms with E-state index in [4.69, 9.17) is 4.74 Å². The third-order valence-electron chi connectivity index (χ3n) is 3.51. The zero-order valence-electron chi connectivity index (χ0n) is 14.1. The van der Waals surface area contributed by atoms with Gasteiger partial charge < -0.3 is 15.4 Å². The van der Waals surface area contributed by atoms with Crippen LogP contribution in [-0.4, -0.2) is 33.0 Å². The summed E-state index contributed by atoms with van der Waals surface area (Å²) in [4.78, 5) is 34.8. The van der Waals surface area contributed by atoms with Gasteiger partial charge in [0.05, 0.1) is 35.2 Å². The van der Waals surface area contributed by atoms with Crippen molar-refractivity contribution in [2.45, 2.75) is 0 Å². The average molecular weight is 366 g/mol. The van der Waals surface area contributed by atoms with Crippen LogP contribution in [0.1, 0.15) is 10.4 Å². The molecule has 0 bridgehead atoms. The van der Waals surface area contributed by atoms with Crippen molar-refractivity contribution in [1.82, 2.24) is 15.0 Å². The van der Waals surface area contributed by atoms with Gasteiger partial charge in [-0.2, -0.15) is 0 Å². The van der Waals surface area contributed by atoms with Crippen LogP contribution in [0.25, 0.3) is 0 Å². The van der Waals surface area contributed by atoms with E-state index in [0.717, 1.165) is 0 Å². The van der Waals surface area contributed by atoms with Crippen molar-refractivity contribution in [2.24, 2.45) is 0 Å². The summed E-state index contributed by atoms with van der Waals surface area (Å²) in [6, 6.07) is 9.83. The predicted octanol–water partition coefficient (Wildman–Crippen LogP) is 3.05. The van der Waals surface area contributed by atoms with E-state index in [1.165, 1.54) is 25.7 Å². The van der Waals surface area contributed by atoms with E-state index in [-0.39, 0.29) is 22.9 Å². The molecule has 0 saturated heterocycles. The lowest BCUT2D eigenvalue weighted by molar-refractivity contribution is -0.383. The minimum atomic E-state index is -0.609. The first-order chi connectivity index (χ1) is 13.1. The van der Waals surface area contributed by atoms with E-state index in [2.05, 4.69) is 25.6 Å². The number of nitrogens with one attached hydrogen (secondary N) is 2. The maximum Gasteiger partial charge on any atom is 0.353 e. The molecule has 0 atom stereocenters. The molecule has 0 spiro atoms. The highest BCUT2D eigenvalue weighted by Crippen LogP contribution is 2.33. The minimum Gasteiger partial charge on any atom is -0.465 e. The topological polar surface area (TPSA) is 132 Å². The van der Waals surface area contributed by atoms with E-state index in [9.17, 15) is 14.9 Å². The molecule has 2 heterocycles. The van der Waals surface area contributed by atoms with Crippen LogP contribution in [0, 0.1) is 10.1 Å². The van der Waals surface area contributed by atoms with Crippen molar-refractivity contribution in [1.29, 1.82) is 0 Å². The number of anilines is 4. The van der Waals surface area contributed by atoms with Crippen LogP contribution in [0.2, 0.25) is 0 Å². The number of nitro groups is 1. The summed E-state index contributed by atoms with van der Waals surface area (Å²) >= 11 is 0. The highest BCUT2D eigenvalue weighted by atomic mass is 16.6. The summed E-state index contributed by atoms with van der Waals surface area (Å²) in [5, 5.41) is 17.3. The average Bonchev–Trinajstić information content (AvgIpc) is 2.68. The standard InChI is InChI=1S/C17H14N6O4/c1-27-17(24)12-6-2-3-7-13(12)22-16-14(23(25)26)15(19-10-20-16)21-11-5-4-8-18-9-11/h2-10H,1H3,(H2,19,20,21,22). The van der Waals surface area contributed by atoms with Crippen molar-refractivity contribution in [2.75, 3.05) is 17.7 Å². The van der Waals surface area contributed by atoms with Gasteiger partial charge in [0, 0.05) is 6.20 Å². The Morgan fingerprint density at radius 1 is 1.11 bits per heavy atom. The molecule has 0 saturated carbocycles. The van der Waals surface area contributed by atoms with Gasteiger partial charge in [0.1, 0.15) is 6.33 Å². The molecule has 0 aliphatic heterocycles. The van der Waals surface area contributed by atoms with Gasteiger partial charge in [-0.25, -0.2) is 14.8 Å². The molecule has 0 fully saturated rings. The quantitative estimate of drug-likeness (QED) is 0.383. The number of hydrogen-bond acceptors (Lipinski definition) is 9. The second kappa shape index (κ2) is 7.87. The van der Waals surface area contributed by atoms with E-state index in [1.807, 2.05) is 0 Å². The number of pyridine rings is 1. The minimum absolute atomic E-state index is 0.0129. The fraction of sp³-hybridized carbons (Fsp3) is 0.0588. The lowest BCUT2D eigenvalue weighted by Gasteiger charge is -2.12. The molecule has 3 rings (SSSR count). The Morgan fingerprint density at radius 2 is 1.85 bits per heavy atom. The molecule has 3 aromatic rings. The number of ether oxygens (including phenoxy) is 1. The van der Waals surface area contributed by atoms with Crippen molar-refractivity contribution in [3.05, 3.63) is 70.8 Å². The number of para-hydroxylation sites is 1. The van der Waals surface area contributed by atoms with Crippen molar-refractivity contribution >= 4 is 34.7 Å². The van der Waals surface area contributed by atoms with Crippen LogP contribution in [-0.2, 0) is 4.74 Å². The SMILES string of the molecule is COC(=O)c1ccccc1Nc1ncnc(Nc2cccnc2)c1[N+](=O)[O-]. The molecule has 0 amide bonds. The normalized spacial score (nSPS) is 10.1. The Labute approximate surface area is 153 Å². The molecule has 136 valence electrons. The number of esters is 1. The van der Waals surface area contributed by atoms with Gasteiger partial charge in [0.15, 0.2) is 0 Å². The predicted molar refractivity (Wildman–Crippen MR) is 97.3 cm³/mol. The van der Waals surface area contributed by atoms with Crippen LogP contribution in [0.5, 0.6) is 0 Å². The molecule has 0 radical (unpaired) electrons. The van der Waals surface area contributed by atoms with Crippen molar-refractivity contribution < 1.29 is 14.5 Å². The Balaban J connectivity index is 2.01.